The van der Waals surface area contributed by atoms with E-state index in [4.69, 9.17) is 0 Å². The van der Waals surface area contributed by atoms with Gasteiger partial charge in [-0.05, 0) is 50.5 Å². The van der Waals surface area contributed by atoms with E-state index in [1.54, 1.807) is 12.5 Å². The van der Waals surface area contributed by atoms with Crippen LogP contribution >= 0.6 is 0 Å². The summed E-state index contributed by atoms with van der Waals surface area (Å²) < 4.78 is 1.92. The predicted molar refractivity (Wildman–Crippen MR) is 103 cm³/mol. The molecular formula is C21H24N4O2. The molecule has 140 valence electrons. The highest BCUT2D eigenvalue weighted by Gasteiger charge is 2.37. The van der Waals surface area contributed by atoms with Crippen molar-refractivity contribution < 1.29 is 9.90 Å². The maximum Gasteiger partial charge on any atom is 0.245 e. The molecule has 1 aliphatic heterocycles. The number of hydrogen-bond acceptors (Lipinski definition) is 4. The van der Waals surface area contributed by atoms with Crippen LogP contribution in [0.25, 0.3) is 11.0 Å². The summed E-state index contributed by atoms with van der Waals surface area (Å²) in [7, 11) is 0. The number of aliphatic hydroxyl groups is 1. The van der Waals surface area contributed by atoms with Crippen molar-refractivity contribution in [3.8, 4) is 0 Å². The fraction of sp³-hybridized carbons (Fsp3) is 0.381. The number of imidazole rings is 1. The first-order valence-electron chi connectivity index (χ1n) is 9.34. The Morgan fingerprint density at radius 3 is 2.59 bits per heavy atom. The topological polar surface area (TPSA) is 71.2 Å². The molecule has 1 amide bonds. The lowest BCUT2D eigenvalue weighted by Gasteiger charge is -2.38. The van der Waals surface area contributed by atoms with Crippen molar-refractivity contribution in [2.24, 2.45) is 0 Å². The molecule has 1 saturated heterocycles. The third-order valence-corrected chi connectivity index (χ3v) is 5.55. The molecule has 1 atom stereocenters. The summed E-state index contributed by atoms with van der Waals surface area (Å²) >= 11 is 0. The number of aromatic nitrogens is 3. The summed E-state index contributed by atoms with van der Waals surface area (Å²) in [6.07, 6.45) is 4.49. The summed E-state index contributed by atoms with van der Waals surface area (Å²) in [5.74, 6) is 0.0528. The van der Waals surface area contributed by atoms with Crippen molar-refractivity contribution in [1.82, 2.24) is 19.4 Å². The monoisotopic (exact) mass is 364 g/mol. The van der Waals surface area contributed by atoms with Gasteiger partial charge in [-0.2, -0.15) is 0 Å². The summed E-state index contributed by atoms with van der Waals surface area (Å²) in [5.41, 5.74) is 2.63. The first-order chi connectivity index (χ1) is 13.0. The van der Waals surface area contributed by atoms with E-state index in [1.165, 1.54) is 0 Å². The molecule has 1 aliphatic rings. The minimum atomic E-state index is -0.963. The van der Waals surface area contributed by atoms with Gasteiger partial charge in [0.05, 0.1) is 23.1 Å². The van der Waals surface area contributed by atoms with Gasteiger partial charge in [0.1, 0.15) is 11.6 Å². The van der Waals surface area contributed by atoms with E-state index >= 15 is 0 Å². The molecule has 6 heteroatoms. The Bertz CT molecular complexity index is 956. The summed E-state index contributed by atoms with van der Waals surface area (Å²) in [6.45, 7) is 4.91. The third kappa shape index (κ3) is 3.21. The van der Waals surface area contributed by atoms with Gasteiger partial charge in [0, 0.05) is 19.3 Å². The van der Waals surface area contributed by atoms with Crippen molar-refractivity contribution in [1.29, 1.82) is 0 Å². The minimum Gasteiger partial charge on any atom is -0.383 e. The van der Waals surface area contributed by atoms with Crippen LogP contribution in [0.5, 0.6) is 0 Å². The number of hydrogen-bond donors (Lipinski definition) is 1. The van der Waals surface area contributed by atoms with Gasteiger partial charge in [-0.25, -0.2) is 4.98 Å². The molecule has 2 aromatic heterocycles. The molecule has 0 spiro atoms. The second-order valence-electron chi connectivity index (χ2n) is 7.39. The molecule has 0 bridgehead atoms. The number of fused-ring (bicyclic) bond motifs is 1. The molecule has 27 heavy (non-hydrogen) atoms. The number of rotatable bonds is 3. The zero-order valence-corrected chi connectivity index (χ0v) is 15.7. The number of carbonyl (C=O) groups excluding carboxylic acids is 1. The fourth-order valence-electron chi connectivity index (χ4n) is 3.77. The zero-order valence-electron chi connectivity index (χ0n) is 15.7. The van der Waals surface area contributed by atoms with E-state index in [0.717, 1.165) is 16.6 Å². The molecule has 3 aromatic rings. The Morgan fingerprint density at radius 1 is 1.15 bits per heavy atom. The van der Waals surface area contributed by atoms with Crippen molar-refractivity contribution >= 4 is 16.9 Å². The Balaban J connectivity index is 1.47. The van der Waals surface area contributed by atoms with Gasteiger partial charge in [-0.1, -0.05) is 18.2 Å². The van der Waals surface area contributed by atoms with E-state index in [1.807, 2.05) is 59.7 Å². The third-order valence-electron chi connectivity index (χ3n) is 5.55. The normalized spacial score (nSPS) is 17.8. The Hall–Kier alpha value is -2.73. The maximum absolute atomic E-state index is 13.0. The van der Waals surface area contributed by atoms with Crippen LogP contribution in [-0.4, -0.2) is 43.5 Å². The van der Waals surface area contributed by atoms with Gasteiger partial charge >= 0.3 is 0 Å². The van der Waals surface area contributed by atoms with Crippen LogP contribution in [0.2, 0.25) is 0 Å². The van der Waals surface area contributed by atoms with Gasteiger partial charge in [-0.3, -0.25) is 9.78 Å². The minimum absolute atomic E-state index is 0.0528. The molecule has 0 aliphatic carbocycles. The van der Waals surface area contributed by atoms with Gasteiger partial charge in [-0.15, -0.1) is 0 Å². The van der Waals surface area contributed by atoms with Crippen molar-refractivity contribution in [2.75, 3.05) is 13.1 Å². The van der Waals surface area contributed by atoms with Crippen LogP contribution in [0.3, 0.4) is 0 Å². The maximum atomic E-state index is 13.0. The Kier molecular flexibility index (Phi) is 4.44. The summed E-state index contributed by atoms with van der Waals surface area (Å²) in [6, 6.07) is 11.3. The highest BCUT2D eigenvalue weighted by Crippen LogP contribution is 2.32. The first kappa shape index (κ1) is 17.7. The van der Waals surface area contributed by atoms with Crippen molar-refractivity contribution in [3.63, 3.8) is 0 Å². The molecule has 1 fully saturated rings. The van der Waals surface area contributed by atoms with E-state index in [2.05, 4.69) is 9.97 Å². The number of para-hydroxylation sites is 2. The summed E-state index contributed by atoms with van der Waals surface area (Å²) in [5, 5.41) is 11.0. The number of likely N-dealkylation sites (tertiary alicyclic amines) is 1. The van der Waals surface area contributed by atoms with Gasteiger partial charge in [0.2, 0.25) is 5.91 Å². The number of nitrogens with zero attached hydrogens (tertiary/aromatic N) is 4. The van der Waals surface area contributed by atoms with Crippen LogP contribution in [-0.2, 0) is 10.4 Å². The highest BCUT2D eigenvalue weighted by atomic mass is 16.3. The molecule has 6 nitrogen and oxygen atoms in total. The molecular weight excluding hydrogens is 340 g/mol. The van der Waals surface area contributed by atoms with Crippen molar-refractivity contribution in [2.45, 2.75) is 38.3 Å². The quantitative estimate of drug-likeness (QED) is 0.776. The van der Waals surface area contributed by atoms with Crippen LogP contribution < -0.4 is 0 Å². The fourth-order valence-corrected chi connectivity index (χ4v) is 3.77. The highest BCUT2D eigenvalue weighted by molar-refractivity contribution is 5.83. The number of benzene rings is 1. The number of amides is 1. The number of piperidine rings is 1. The lowest BCUT2D eigenvalue weighted by atomic mass is 9.87. The molecule has 0 unspecified atom stereocenters. The van der Waals surface area contributed by atoms with Crippen LogP contribution in [0, 0.1) is 6.92 Å². The first-order valence-corrected chi connectivity index (χ1v) is 9.34. The number of carbonyl (C=O) groups is 1. The second-order valence-corrected chi connectivity index (χ2v) is 7.39. The number of aryl methyl sites for hydroxylation is 1. The lowest BCUT2D eigenvalue weighted by molar-refractivity contribution is -0.138. The summed E-state index contributed by atoms with van der Waals surface area (Å²) in [4.78, 5) is 23.6. The zero-order chi connectivity index (χ0) is 19.0. The molecule has 0 saturated carbocycles. The molecule has 0 radical (unpaired) electrons. The van der Waals surface area contributed by atoms with Crippen LogP contribution in [0.4, 0.5) is 0 Å². The van der Waals surface area contributed by atoms with E-state index < -0.39 is 5.60 Å². The number of pyridine rings is 1. The molecule has 1 N–H and O–H groups in total. The molecule has 3 heterocycles. The largest absolute Gasteiger partial charge is 0.383 e. The standard InChI is InChI=1S/C21H24N4O2/c1-15-7-8-19(22-13-15)21(27)9-11-24(12-10-21)20(26)16(2)25-14-23-17-5-3-4-6-18(17)25/h3-8,13-14,16,27H,9-12H2,1-2H3/t16-/m0/s1. The van der Waals surface area contributed by atoms with Crippen molar-refractivity contribution in [3.05, 3.63) is 60.2 Å². The van der Waals surface area contributed by atoms with E-state index in [0.29, 0.717) is 31.6 Å². The average Bonchev–Trinajstić information content (AvgIpc) is 3.12. The average molecular weight is 364 g/mol. The van der Waals surface area contributed by atoms with Crippen LogP contribution in [0.15, 0.2) is 48.9 Å². The van der Waals surface area contributed by atoms with Crippen LogP contribution in [0.1, 0.15) is 37.1 Å². The smallest absolute Gasteiger partial charge is 0.245 e. The molecule has 4 rings (SSSR count). The van der Waals surface area contributed by atoms with E-state index in [9.17, 15) is 9.90 Å². The molecule has 1 aromatic carbocycles. The van der Waals surface area contributed by atoms with Gasteiger partial charge < -0.3 is 14.6 Å². The Morgan fingerprint density at radius 2 is 1.89 bits per heavy atom. The van der Waals surface area contributed by atoms with E-state index in [-0.39, 0.29) is 11.9 Å². The van der Waals surface area contributed by atoms with Gasteiger partial charge in [0.25, 0.3) is 0 Å². The van der Waals surface area contributed by atoms with Gasteiger partial charge in [0.15, 0.2) is 0 Å². The SMILES string of the molecule is Cc1ccc(C2(O)CCN(C(=O)[C@H](C)n3cnc4ccccc43)CC2)nc1. The lowest BCUT2D eigenvalue weighted by Crippen LogP contribution is -2.47. The Labute approximate surface area is 158 Å². The second kappa shape index (κ2) is 6.78. The predicted octanol–water partition coefficient (Wildman–Crippen LogP) is 2.81.